The Kier molecular flexibility index (Phi) is 5.81. The molecule has 0 spiro atoms. The van der Waals surface area contributed by atoms with E-state index in [-0.39, 0.29) is 5.57 Å². The van der Waals surface area contributed by atoms with E-state index in [0.717, 1.165) is 10.4 Å². The third kappa shape index (κ3) is 3.56. The molecule has 1 aromatic heterocycles. The Hall–Kier alpha value is -1.98. The molecule has 6 nitrogen and oxygen atoms in total. The number of ether oxygens (including phenoxy) is 1. The summed E-state index contributed by atoms with van der Waals surface area (Å²) >= 11 is 2.52. The molecule has 3 N–H and O–H groups in total. The van der Waals surface area contributed by atoms with E-state index < -0.39 is 11.9 Å². The van der Waals surface area contributed by atoms with Gasteiger partial charge in [0.1, 0.15) is 11.1 Å². The Morgan fingerprint density at radius 3 is 2.48 bits per heavy atom. The number of methoxy groups -OCH3 is 1. The number of thiophene rings is 1. The topological polar surface area (TPSA) is 105 Å². The van der Waals surface area contributed by atoms with Crippen LogP contribution in [0.5, 0.6) is 0 Å². The van der Waals surface area contributed by atoms with Crippen molar-refractivity contribution in [3.8, 4) is 6.07 Å². The molecule has 1 amide bonds. The maximum absolute atomic E-state index is 11.6. The first kappa shape index (κ1) is 17.1. The molecule has 21 heavy (non-hydrogen) atoms. The molecule has 0 saturated heterocycles. The average Bonchev–Trinajstić information content (AvgIpc) is 2.72. The fourth-order valence-corrected chi connectivity index (χ4v) is 3.29. The van der Waals surface area contributed by atoms with Gasteiger partial charge >= 0.3 is 5.97 Å². The Morgan fingerprint density at radius 1 is 1.43 bits per heavy atom. The van der Waals surface area contributed by atoms with Crippen LogP contribution in [0.1, 0.15) is 20.8 Å². The molecular formula is C13H15N3O3S2. The molecule has 0 atom stereocenters. The summed E-state index contributed by atoms with van der Waals surface area (Å²) in [5, 5.41) is 12.9. The Morgan fingerprint density at radius 2 is 2.05 bits per heavy atom. The van der Waals surface area contributed by atoms with Crippen LogP contribution in [0.15, 0.2) is 10.6 Å². The van der Waals surface area contributed by atoms with Gasteiger partial charge in [0.25, 0.3) is 5.91 Å². The van der Waals surface area contributed by atoms with E-state index in [4.69, 9.17) is 11.0 Å². The largest absolute Gasteiger partial charge is 0.465 e. The van der Waals surface area contributed by atoms with Crippen LogP contribution in [0.4, 0.5) is 5.00 Å². The zero-order valence-corrected chi connectivity index (χ0v) is 13.7. The van der Waals surface area contributed by atoms with E-state index in [0.29, 0.717) is 15.6 Å². The van der Waals surface area contributed by atoms with Gasteiger partial charge in [-0.3, -0.25) is 4.79 Å². The molecule has 0 unspecified atom stereocenters. The summed E-state index contributed by atoms with van der Waals surface area (Å²) < 4.78 is 4.57. The van der Waals surface area contributed by atoms with Gasteiger partial charge in [0.15, 0.2) is 5.57 Å². The normalized spacial score (nSPS) is 11.4. The van der Waals surface area contributed by atoms with E-state index >= 15 is 0 Å². The number of nitrogens with two attached hydrogens (primary N) is 1. The maximum atomic E-state index is 11.6. The van der Waals surface area contributed by atoms with Crippen molar-refractivity contribution < 1.29 is 14.3 Å². The van der Waals surface area contributed by atoms with Gasteiger partial charge < -0.3 is 15.8 Å². The molecule has 1 aromatic rings. The summed E-state index contributed by atoms with van der Waals surface area (Å²) in [6, 6.07) is 1.80. The van der Waals surface area contributed by atoms with Gasteiger partial charge in [-0.25, -0.2) is 4.79 Å². The lowest BCUT2D eigenvalue weighted by molar-refractivity contribution is -0.135. The first-order valence-electron chi connectivity index (χ1n) is 5.80. The number of aryl methyl sites for hydroxylation is 1. The average molecular weight is 325 g/mol. The molecule has 0 aliphatic carbocycles. The monoisotopic (exact) mass is 325 g/mol. The first-order valence-corrected chi connectivity index (χ1v) is 7.84. The highest BCUT2D eigenvalue weighted by atomic mass is 32.2. The summed E-state index contributed by atoms with van der Waals surface area (Å²) in [4.78, 5) is 24.1. The van der Waals surface area contributed by atoms with Crippen molar-refractivity contribution in [1.29, 1.82) is 5.26 Å². The lowest BCUT2D eigenvalue weighted by Gasteiger charge is -2.10. The molecule has 8 heteroatoms. The molecule has 0 aliphatic heterocycles. The third-order valence-electron chi connectivity index (χ3n) is 2.79. The van der Waals surface area contributed by atoms with Crippen LogP contribution in [-0.4, -0.2) is 25.2 Å². The van der Waals surface area contributed by atoms with Crippen molar-refractivity contribution in [2.75, 3.05) is 18.7 Å². The lowest BCUT2D eigenvalue weighted by Crippen LogP contribution is -2.15. The highest BCUT2D eigenvalue weighted by molar-refractivity contribution is 8.02. The standard InChI is InChI=1S/C13H15N3O3S2/c1-6-7(2)21-12(9(6)10(15)17)16-11(20-4)8(5-14)13(18)19-3/h16H,1-4H3,(H2,15,17)/b11-8+. The van der Waals surface area contributed by atoms with Crippen LogP contribution in [-0.2, 0) is 9.53 Å². The number of thioether (sulfide) groups is 1. The fourth-order valence-electron chi connectivity index (χ4n) is 1.62. The Labute approximate surface area is 131 Å². The van der Waals surface area contributed by atoms with Gasteiger partial charge in [0, 0.05) is 4.88 Å². The highest BCUT2D eigenvalue weighted by Gasteiger charge is 2.21. The molecule has 0 aromatic carbocycles. The predicted molar refractivity (Wildman–Crippen MR) is 84.1 cm³/mol. The number of rotatable bonds is 5. The van der Waals surface area contributed by atoms with E-state index in [1.54, 1.807) is 19.2 Å². The van der Waals surface area contributed by atoms with Crippen molar-refractivity contribution in [3.05, 3.63) is 26.6 Å². The number of nitrogens with zero attached hydrogens (tertiary/aromatic N) is 1. The number of amides is 1. The van der Waals surface area contributed by atoms with Crippen molar-refractivity contribution in [3.63, 3.8) is 0 Å². The van der Waals surface area contributed by atoms with Gasteiger partial charge in [0.05, 0.1) is 17.7 Å². The first-order chi connectivity index (χ1) is 9.87. The molecule has 1 heterocycles. The molecular weight excluding hydrogens is 310 g/mol. The van der Waals surface area contributed by atoms with Crippen LogP contribution in [0.25, 0.3) is 0 Å². The smallest absolute Gasteiger partial charge is 0.351 e. The van der Waals surface area contributed by atoms with Crippen LogP contribution in [0.3, 0.4) is 0 Å². The molecule has 112 valence electrons. The van der Waals surface area contributed by atoms with Gasteiger partial charge in [-0.2, -0.15) is 5.26 Å². The predicted octanol–water partition coefficient (Wildman–Crippen LogP) is 2.15. The van der Waals surface area contributed by atoms with Crippen LogP contribution >= 0.6 is 23.1 Å². The SMILES string of the molecule is COC(=O)/C(C#N)=C(\Nc1sc(C)c(C)c1C(N)=O)SC. The number of primary amides is 1. The zero-order valence-electron chi connectivity index (χ0n) is 12.1. The van der Waals surface area contributed by atoms with Crippen molar-refractivity contribution in [2.45, 2.75) is 13.8 Å². The number of esters is 1. The van der Waals surface area contributed by atoms with E-state index in [2.05, 4.69) is 10.1 Å². The molecule has 0 radical (unpaired) electrons. The molecule has 0 saturated carbocycles. The Bertz CT molecular complexity index is 656. The number of hydrogen-bond acceptors (Lipinski definition) is 7. The number of anilines is 1. The number of nitriles is 1. The summed E-state index contributed by atoms with van der Waals surface area (Å²) in [5.74, 6) is -1.30. The minimum Gasteiger partial charge on any atom is -0.465 e. The lowest BCUT2D eigenvalue weighted by atomic mass is 10.1. The number of carbonyl (C=O) groups excluding carboxylic acids is 2. The number of carbonyl (C=O) groups is 2. The second-order valence-electron chi connectivity index (χ2n) is 3.99. The van der Waals surface area contributed by atoms with E-state index in [9.17, 15) is 9.59 Å². The van der Waals surface area contributed by atoms with Crippen LogP contribution in [0, 0.1) is 25.2 Å². The van der Waals surface area contributed by atoms with Gasteiger partial charge in [-0.15, -0.1) is 23.1 Å². The zero-order chi connectivity index (χ0) is 16.2. The third-order valence-corrected chi connectivity index (χ3v) is 4.63. The van der Waals surface area contributed by atoms with Crippen LogP contribution < -0.4 is 11.1 Å². The van der Waals surface area contributed by atoms with Gasteiger partial charge in [0.2, 0.25) is 0 Å². The van der Waals surface area contributed by atoms with Gasteiger partial charge in [-0.1, -0.05) is 0 Å². The summed E-state index contributed by atoms with van der Waals surface area (Å²) in [7, 11) is 1.20. The molecule has 1 rings (SSSR count). The van der Waals surface area contributed by atoms with Crippen molar-refractivity contribution in [2.24, 2.45) is 5.73 Å². The van der Waals surface area contributed by atoms with Gasteiger partial charge in [-0.05, 0) is 25.7 Å². The quantitative estimate of drug-likeness (QED) is 0.488. The summed E-state index contributed by atoms with van der Waals surface area (Å²) in [6.07, 6.45) is 1.71. The molecule has 0 aliphatic rings. The van der Waals surface area contributed by atoms with Crippen molar-refractivity contribution >= 4 is 40.0 Å². The summed E-state index contributed by atoms with van der Waals surface area (Å²) in [5.41, 5.74) is 6.39. The molecule has 0 fully saturated rings. The molecule has 0 bridgehead atoms. The Balaban J connectivity index is 3.35. The van der Waals surface area contributed by atoms with E-state index in [1.165, 1.54) is 30.2 Å². The minimum absolute atomic E-state index is 0.149. The van der Waals surface area contributed by atoms with Crippen LogP contribution in [0.2, 0.25) is 0 Å². The summed E-state index contributed by atoms with van der Waals surface area (Å²) in [6.45, 7) is 3.66. The fraction of sp³-hybridized carbons (Fsp3) is 0.308. The number of hydrogen-bond donors (Lipinski definition) is 2. The maximum Gasteiger partial charge on any atom is 0.351 e. The van der Waals surface area contributed by atoms with Crippen molar-refractivity contribution in [1.82, 2.24) is 0 Å². The highest BCUT2D eigenvalue weighted by Crippen LogP contribution is 2.34. The minimum atomic E-state index is -0.736. The number of nitrogens with one attached hydrogen (secondary N) is 1. The second-order valence-corrected chi connectivity index (χ2v) is 6.03. The van der Waals surface area contributed by atoms with E-state index in [1.807, 2.05) is 6.92 Å². The second kappa shape index (κ2) is 7.15.